The van der Waals surface area contributed by atoms with Gasteiger partial charge in [0.05, 0.1) is 0 Å². The first-order chi connectivity index (χ1) is 10.1. The van der Waals surface area contributed by atoms with Crippen LogP contribution in [0.3, 0.4) is 0 Å². The molecule has 0 unspecified atom stereocenters. The third-order valence-corrected chi connectivity index (χ3v) is 3.67. The summed E-state index contributed by atoms with van der Waals surface area (Å²) in [5.74, 6) is 0.887. The molecule has 1 aromatic carbocycles. The molecule has 0 bridgehead atoms. The van der Waals surface area contributed by atoms with E-state index in [2.05, 4.69) is 19.2 Å². The van der Waals surface area contributed by atoms with Gasteiger partial charge in [0.2, 0.25) is 0 Å². The Hall–Kier alpha value is -1.55. The zero-order chi connectivity index (χ0) is 15.2. The van der Waals surface area contributed by atoms with E-state index in [4.69, 9.17) is 4.74 Å². The molecule has 2 rings (SSSR count). The van der Waals surface area contributed by atoms with E-state index < -0.39 is 0 Å². The van der Waals surface area contributed by atoms with Gasteiger partial charge in [-0.2, -0.15) is 0 Å². The Labute approximate surface area is 127 Å². The number of hydrogen-bond donors (Lipinski definition) is 1. The molecule has 4 nitrogen and oxygen atoms in total. The zero-order valence-electron chi connectivity index (χ0n) is 13.3. The molecule has 1 aliphatic rings. The van der Waals surface area contributed by atoms with Crippen molar-refractivity contribution < 1.29 is 9.53 Å². The Morgan fingerprint density at radius 2 is 2.10 bits per heavy atom. The van der Waals surface area contributed by atoms with E-state index in [0.29, 0.717) is 12.1 Å². The summed E-state index contributed by atoms with van der Waals surface area (Å²) in [6, 6.07) is 8.77. The fourth-order valence-electron chi connectivity index (χ4n) is 2.35. The number of rotatable bonds is 8. The lowest BCUT2D eigenvalue weighted by atomic mass is 10.2. The highest BCUT2D eigenvalue weighted by Crippen LogP contribution is 2.26. The molecule has 0 aromatic heterocycles. The van der Waals surface area contributed by atoms with Crippen molar-refractivity contribution in [3.05, 3.63) is 29.8 Å². The molecular weight excluding hydrogens is 264 g/mol. The molecule has 1 saturated carbocycles. The first kappa shape index (κ1) is 15.8. The number of para-hydroxylation sites is 1. The summed E-state index contributed by atoms with van der Waals surface area (Å²) in [6.45, 7) is 7.90. The Bertz CT molecular complexity index is 470. The first-order valence-corrected chi connectivity index (χ1v) is 7.85. The van der Waals surface area contributed by atoms with Gasteiger partial charge in [0, 0.05) is 30.7 Å². The van der Waals surface area contributed by atoms with Gasteiger partial charge in [-0.15, -0.1) is 0 Å². The predicted molar refractivity (Wildman–Crippen MR) is 84.3 cm³/mol. The topological polar surface area (TPSA) is 41.6 Å². The summed E-state index contributed by atoms with van der Waals surface area (Å²) in [5.41, 5.74) is 1.09. The Morgan fingerprint density at radius 3 is 2.71 bits per heavy atom. The number of carbonyl (C=O) groups is 1. The third kappa shape index (κ3) is 4.74. The number of ether oxygens (including phenoxy) is 1. The summed E-state index contributed by atoms with van der Waals surface area (Å²) < 4.78 is 5.76. The number of benzene rings is 1. The van der Waals surface area contributed by atoms with E-state index in [1.807, 2.05) is 36.1 Å². The van der Waals surface area contributed by atoms with Gasteiger partial charge in [-0.3, -0.25) is 4.79 Å². The van der Waals surface area contributed by atoms with Crippen LogP contribution in [0.2, 0.25) is 0 Å². The lowest BCUT2D eigenvalue weighted by Gasteiger charge is -2.21. The number of hydrogen-bond acceptors (Lipinski definition) is 3. The van der Waals surface area contributed by atoms with Crippen molar-refractivity contribution in [1.29, 1.82) is 0 Å². The maximum atomic E-state index is 12.2. The Morgan fingerprint density at radius 1 is 1.38 bits per heavy atom. The average Bonchev–Trinajstić information content (AvgIpc) is 3.29. The summed E-state index contributed by atoms with van der Waals surface area (Å²) in [5, 5.41) is 3.38. The molecule has 1 amide bonds. The van der Waals surface area contributed by atoms with Crippen molar-refractivity contribution in [2.24, 2.45) is 0 Å². The van der Waals surface area contributed by atoms with Gasteiger partial charge in [-0.05, 0) is 25.8 Å². The minimum Gasteiger partial charge on any atom is -0.483 e. The molecule has 1 aromatic rings. The SMILES string of the molecule is CCN(C(=O)COc1ccccc1CNC(C)C)C1CC1. The third-order valence-electron chi connectivity index (χ3n) is 3.67. The van der Waals surface area contributed by atoms with Crippen molar-refractivity contribution in [3.63, 3.8) is 0 Å². The van der Waals surface area contributed by atoms with E-state index in [1.54, 1.807) is 0 Å². The van der Waals surface area contributed by atoms with Crippen LogP contribution in [0.4, 0.5) is 0 Å². The van der Waals surface area contributed by atoms with Crippen LogP contribution >= 0.6 is 0 Å². The van der Waals surface area contributed by atoms with Crippen molar-refractivity contribution in [2.75, 3.05) is 13.2 Å². The quantitative estimate of drug-likeness (QED) is 0.800. The van der Waals surface area contributed by atoms with Gasteiger partial charge in [0.25, 0.3) is 5.91 Å². The van der Waals surface area contributed by atoms with E-state index in [-0.39, 0.29) is 12.5 Å². The second-order valence-corrected chi connectivity index (χ2v) is 5.84. The first-order valence-electron chi connectivity index (χ1n) is 7.85. The van der Waals surface area contributed by atoms with Crippen LogP contribution in [0, 0.1) is 0 Å². The highest BCUT2D eigenvalue weighted by Gasteiger charge is 2.31. The highest BCUT2D eigenvalue weighted by atomic mass is 16.5. The van der Waals surface area contributed by atoms with Gasteiger partial charge in [-0.1, -0.05) is 32.0 Å². The Balaban J connectivity index is 1.91. The van der Waals surface area contributed by atoms with Gasteiger partial charge >= 0.3 is 0 Å². The molecule has 0 saturated heterocycles. The monoisotopic (exact) mass is 290 g/mol. The molecule has 0 atom stereocenters. The number of amides is 1. The minimum atomic E-state index is 0.0895. The van der Waals surface area contributed by atoms with E-state index in [9.17, 15) is 4.79 Å². The average molecular weight is 290 g/mol. The normalized spacial score (nSPS) is 14.3. The maximum Gasteiger partial charge on any atom is 0.260 e. The number of nitrogens with zero attached hydrogens (tertiary/aromatic N) is 1. The largest absolute Gasteiger partial charge is 0.483 e. The van der Waals surface area contributed by atoms with Crippen LogP contribution in [0.1, 0.15) is 39.2 Å². The molecule has 4 heteroatoms. The van der Waals surface area contributed by atoms with Crippen LogP contribution in [-0.4, -0.2) is 36.0 Å². The van der Waals surface area contributed by atoms with E-state index >= 15 is 0 Å². The fraction of sp³-hybridized carbons (Fsp3) is 0.588. The summed E-state index contributed by atoms with van der Waals surface area (Å²) in [4.78, 5) is 14.1. The molecule has 21 heavy (non-hydrogen) atoms. The zero-order valence-corrected chi connectivity index (χ0v) is 13.3. The lowest BCUT2D eigenvalue weighted by Crippen LogP contribution is -2.36. The van der Waals surface area contributed by atoms with Crippen LogP contribution in [0.25, 0.3) is 0 Å². The molecule has 116 valence electrons. The number of likely N-dealkylation sites (N-methyl/N-ethyl adjacent to an activating group) is 1. The van der Waals surface area contributed by atoms with Gasteiger partial charge < -0.3 is 15.0 Å². The molecular formula is C17H26N2O2. The predicted octanol–water partition coefficient (Wildman–Crippen LogP) is 2.57. The smallest absolute Gasteiger partial charge is 0.260 e. The Kier molecular flexibility index (Phi) is 5.62. The molecule has 1 N–H and O–H groups in total. The molecule has 0 radical (unpaired) electrons. The minimum absolute atomic E-state index is 0.0895. The summed E-state index contributed by atoms with van der Waals surface area (Å²) >= 11 is 0. The standard InChI is InChI=1S/C17H26N2O2/c1-4-19(15-9-10-15)17(20)12-21-16-8-6-5-7-14(16)11-18-13(2)3/h5-8,13,15,18H,4,9-12H2,1-3H3. The fourth-order valence-corrected chi connectivity index (χ4v) is 2.35. The van der Waals surface area contributed by atoms with Crippen LogP contribution in [-0.2, 0) is 11.3 Å². The van der Waals surface area contributed by atoms with Crippen molar-refractivity contribution >= 4 is 5.91 Å². The highest BCUT2D eigenvalue weighted by molar-refractivity contribution is 5.78. The molecule has 1 fully saturated rings. The maximum absolute atomic E-state index is 12.2. The number of carbonyl (C=O) groups excluding carboxylic acids is 1. The second-order valence-electron chi connectivity index (χ2n) is 5.84. The summed E-state index contributed by atoms with van der Waals surface area (Å²) in [6.07, 6.45) is 2.27. The van der Waals surface area contributed by atoms with E-state index in [1.165, 1.54) is 0 Å². The van der Waals surface area contributed by atoms with Crippen LogP contribution in [0.15, 0.2) is 24.3 Å². The van der Waals surface area contributed by atoms with Crippen molar-refractivity contribution in [1.82, 2.24) is 10.2 Å². The summed E-state index contributed by atoms with van der Waals surface area (Å²) in [7, 11) is 0. The molecule has 0 spiro atoms. The van der Waals surface area contributed by atoms with Gasteiger partial charge in [-0.25, -0.2) is 0 Å². The van der Waals surface area contributed by atoms with Crippen LogP contribution in [0.5, 0.6) is 5.75 Å². The number of nitrogens with one attached hydrogen (secondary N) is 1. The lowest BCUT2D eigenvalue weighted by molar-refractivity contribution is -0.133. The van der Waals surface area contributed by atoms with Crippen molar-refractivity contribution in [2.45, 2.75) is 52.2 Å². The van der Waals surface area contributed by atoms with Gasteiger partial charge in [0.15, 0.2) is 6.61 Å². The second kappa shape index (κ2) is 7.46. The molecule has 0 aliphatic heterocycles. The molecule has 0 heterocycles. The molecule has 1 aliphatic carbocycles. The van der Waals surface area contributed by atoms with Crippen molar-refractivity contribution in [3.8, 4) is 5.75 Å². The van der Waals surface area contributed by atoms with E-state index in [0.717, 1.165) is 37.2 Å². The van der Waals surface area contributed by atoms with Gasteiger partial charge in [0.1, 0.15) is 5.75 Å². The van der Waals surface area contributed by atoms with Crippen LogP contribution < -0.4 is 10.1 Å².